The first-order valence-corrected chi connectivity index (χ1v) is 12.9. The Bertz CT molecular complexity index is 1190. The summed E-state index contributed by atoms with van der Waals surface area (Å²) in [6.07, 6.45) is 0.557. The minimum atomic E-state index is -2.08. The number of hydrogen-bond donors (Lipinski definition) is 0. The molecule has 162 valence electrons. The van der Waals surface area contributed by atoms with Crippen LogP contribution < -0.4 is 0 Å². The molecule has 4 rings (SSSR count). The molecule has 0 spiro atoms. The van der Waals surface area contributed by atoms with Crippen LogP contribution in [0.15, 0.2) is 16.6 Å². The molecule has 1 amide bonds. The summed E-state index contributed by atoms with van der Waals surface area (Å²) in [5, 5.41) is 0. The fourth-order valence-corrected chi connectivity index (χ4v) is 6.25. The quantitative estimate of drug-likeness (QED) is 0.464. The van der Waals surface area contributed by atoms with Gasteiger partial charge in [-0.25, -0.2) is 8.78 Å². The molecule has 2 aliphatic rings. The van der Waals surface area contributed by atoms with E-state index in [0.717, 1.165) is 11.4 Å². The predicted molar refractivity (Wildman–Crippen MR) is 120 cm³/mol. The fraction of sp³-hybridized carbons (Fsp3) is 0.450. The van der Waals surface area contributed by atoms with Crippen molar-refractivity contribution in [3.63, 3.8) is 0 Å². The Hall–Kier alpha value is -1.52. The summed E-state index contributed by atoms with van der Waals surface area (Å²) < 4.78 is 45.5. The first-order valence-electron chi connectivity index (χ1n) is 9.60. The lowest BCUT2D eigenvalue weighted by Gasteiger charge is -2.29. The summed E-state index contributed by atoms with van der Waals surface area (Å²) >= 11 is 8.66. The second kappa shape index (κ2) is 7.87. The second-order valence-corrected chi connectivity index (χ2v) is 11.9. The number of fused-ring (bicyclic) bond motifs is 1. The van der Waals surface area contributed by atoms with Gasteiger partial charge in [0.2, 0.25) is 5.91 Å². The molecule has 10 heteroatoms. The lowest BCUT2D eigenvalue weighted by Crippen LogP contribution is -2.44. The molecule has 1 fully saturated rings. The van der Waals surface area contributed by atoms with E-state index < -0.39 is 21.2 Å². The molecule has 1 atom stereocenters. The van der Waals surface area contributed by atoms with Gasteiger partial charge < -0.3 is 14.0 Å². The summed E-state index contributed by atoms with van der Waals surface area (Å²) in [4.78, 5) is 14.6. The standard InChI is InChI=1S/C20H22BrF2N3O2S2/c1-24-15(10-17(27)25-5-7-30(2,28)8-6-25)16-9-12(11-26(16)20(24)29)18-14(22)4-3-13(21)19(18)23/h3-4,12H,2,5-11H2,1H3/t12-/m1/s1. The van der Waals surface area contributed by atoms with E-state index >= 15 is 0 Å². The van der Waals surface area contributed by atoms with Crippen LogP contribution in [0.1, 0.15) is 22.9 Å². The molecular weight excluding hydrogens is 496 g/mol. The Morgan fingerprint density at radius 2 is 2.00 bits per heavy atom. The Balaban J connectivity index is 1.60. The van der Waals surface area contributed by atoms with E-state index in [1.165, 1.54) is 12.1 Å². The van der Waals surface area contributed by atoms with Crippen LogP contribution in [0.3, 0.4) is 0 Å². The first kappa shape index (κ1) is 21.7. The van der Waals surface area contributed by atoms with E-state index in [2.05, 4.69) is 21.8 Å². The number of benzene rings is 1. The molecule has 0 aliphatic carbocycles. The lowest BCUT2D eigenvalue weighted by molar-refractivity contribution is -0.130. The number of carbonyl (C=O) groups excluding carboxylic acids is 1. The topological polar surface area (TPSA) is 47.2 Å². The monoisotopic (exact) mass is 517 g/mol. The molecule has 0 saturated carbocycles. The Labute approximate surface area is 187 Å². The third-order valence-corrected chi connectivity index (χ3v) is 9.01. The van der Waals surface area contributed by atoms with E-state index in [9.17, 15) is 17.8 Å². The number of nitrogens with zero attached hydrogens (tertiary/aromatic N) is 3. The highest BCUT2D eigenvalue weighted by Gasteiger charge is 2.33. The molecule has 1 saturated heterocycles. The summed E-state index contributed by atoms with van der Waals surface area (Å²) in [6.45, 7) is 1.23. The zero-order valence-corrected chi connectivity index (χ0v) is 19.7. The van der Waals surface area contributed by atoms with Crippen LogP contribution in [-0.4, -0.2) is 54.6 Å². The average molecular weight is 518 g/mol. The van der Waals surface area contributed by atoms with Gasteiger partial charge in [0.25, 0.3) is 0 Å². The predicted octanol–water partition coefficient (Wildman–Crippen LogP) is 3.04. The van der Waals surface area contributed by atoms with Crippen molar-refractivity contribution in [2.45, 2.75) is 25.3 Å². The molecule has 0 bridgehead atoms. The van der Waals surface area contributed by atoms with Crippen LogP contribution in [0, 0.1) is 16.4 Å². The van der Waals surface area contributed by atoms with Crippen molar-refractivity contribution < 1.29 is 17.8 Å². The number of carbonyl (C=O) groups is 1. The third kappa shape index (κ3) is 3.78. The van der Waals surface area contributed by atoms with Gasteiger partial charge in [-0.05, 0) is 62.1 Å². The van der Waals surface area contributed by atoms with Gasteiger partial charge in [0.05, 0.1) is 10.9 Å². The number of amides is 1. The van der Waals surface area contributed by atoms with Crippen LogP contribution >= 0.6 is 28.1 Å². The van der Waals surface area contributed by atoms with Gasteiger partial charge in [-0.2, -0.15) is 0 Å². The largest absolute Gasteiger partial charge is 0.341 e. The highest BCUT2D eigenvalue weighted by atomic mass is 79.9. The Kier molecular flexibility index (Phi) is 5.69. The summed E-state index contributed by atoms with van der Waals surface area (Å²) in [5.41, 5.74) is 1.66. The van der Waals surface area contributed by atoms with Crippen LogP contribution in [0.2, 0.25) is 0 Å². The van der Waals surface area contributed by atoms with Crippen molar-refractivity contribution >= 4 is 49.4 Å². The number of hydrogen-bond acceptors (Lipinski definition) is 3. The van der Waals surface area contributed by atoms with Gasteiger partial charge in [0, 0.05) is 61.1 Å². The maximum Gasteiger partial charge on any atom is 0.228 e. The van der Waals surface area contributed by atoms with E-state index in [-0.39, 0.29) is 28.3 Å². The molecule has 5 nitrogen and oxygen atoms in total. The van der Waals surface area contributed by atoms with E-state index in [1.807, 2.05) is 11.6 Å². The molecule has 1 aromatic heterocycles. The summed E-state index contributed by atoms with van der Waals surface area (Å²) in [6, 6.07) is 2.61. The molecule has 1 aromatic carbocycles. The summed E-state index contributed by atoms with van der Waals surface area (Å²) in [5.74, 6) is 2.93. The first-order chi connectivity index (χ1) is 14.1. The maximum atomic E-state index is 14.6. The summed E-state index contributed by atoms with van der Waals surface area (Å²) in [7, 11) is -0.270. The number of aromatic nitrogens is 2. The van der Waals surface area contributed by atoms with E-state index in [1.54, 1.807) is 9.47 Å². The van der Waals surface area contributed by atoms with Crippen molar-refractivity contribution in [3.05, 3.63) is 50.0 Å². The van der Waals surface area contributed by atoms with Gasteiger partial charge in [-0.15, -0.1) is 0 Å². The molecule has 0 radical (unpaired) electrons. The zero-order chi connectivity index (χ0) is 21.8. The fourth-order valence-electron chi connectivity index (χ4n) is 4.30. The average Bonchev–Trinajstić information content (AvgIpc) is 3.20. The molecule has 0 unspecified atom stereocenters. The van der Waals surface area contributed by atoms with Crippen molar-refractivity contribution in [1.82, 2.24) is 14.0 Å². The van der Waals surface area contributed by atoms with Crippen LogP contribution in [0.25, 0.3) is 0 Å². The smallest absolute Gasteiger partial charge is 0.228 e. The third-order valence-electron chi connectivity index (χ3n) is 6.05. The number of halogens is 3. The van der Waals surface area contributed by atoms with E-state index in [0.29, 0.717) is 42.3 Å². The van der Waals surface area contributed by atoms with Gasteiger partial charge in [-0.1, -0.05) is 0 Å². The molecule has 2 aromatic rings. The highest BCUT2D eigenvalue weighted by molar-refractivity contribution is 9.10. The second-order valence-electron chi connectivity index (χ2n) is 7.94. The van der Waals surface area contributed by atoms with Crippen molar-refractivity contribution in [2.24, 2.45) is 7.05 Å². The molecule has 3 heterocycles. The van der Waals surface area contributed by atoms with Crippen molar-refractivity contribution in [3.8, 4) is 0 Å². The number of rotatable bonds is 3. The van der Waals surface area contributed by atoms with Crippen molar-refractivity contribution in [1.29, 1.82) is 0 Å². The molecule has 0 N–H and O–H groups in total. The van der Waals surface area contributed by atoms with Gasteiger partial charge >= 0.3 is 0 Å². The minimum absolute atomic E-state index is 0.0450. The van der Waals surface area contributed by atoms with Gasteiger partial charge in [0.15, 0.2) is 4.77 Å². The highest BCUT2D eigenvalue weighted by Crippen LogP contribution is 2.37. The van der Waals surface area contributed by atoms with E-state index in [4.69, 9.17) is 12.2 Å². The normalized spacial score (nSPS) is 20.4. The maximum absolute atomic E-state index is 14.6. The lowest BCUT2D eigenvalue weighted by atomic mass is 9.95. The Morgan fingerprint density at radius 3 is 2.67 bits per heavy atom. The van der Waals surface area contributed by atoms with Crippen LogP contribution in [0.4, 0.5) is 8.78 Å². The SMILES string of the molecule is C=S1(=O)CCN(C(=O)Cc2c3n(c(=S)n2C)C[C@H](c2c(F)ccc(Br)c2F)C3)CC1. The molecule has 2 aliphatic heterocycles. The van der Waals surface area contributed by atoms with Crippen LogP contribution in [-0.2, 0) is 40.8 Å². The number of imidazole rings is 1. The van der Waals surface area contributed by atoms with Gasteiger partial charge in [0.1, 0.15) is 11.6 Å². The zero-order valence-electron chi connectivity index (χ0n) is 16.5. The molecular formula is C20H22BrF2N3O2S2. The van der Waals surface area contributed by atoms with Crippen LogP contribution in [0.5, 0.6) is 0 Å². The minimum Gasteiger partial charge on any atom is -0.341 e. The Morgan fingerprint density at radius 1 is 1.33 bits per heavy atom. The molecule has 30 heavy (non-hydrogen) atoms. The van der Waals surface area contributed by atoms with Gasteiger partial charge in [-0.3, -0.25) is 9.00 Å². The van der Waals surface area contributed by atoms with Crippen molar-refractivity contribution in [2.75, 3.05) is 24.6 Å².